The molecule has 3 aromatic heterocycles. The molecule has 1 aliphatic heterocycles. The normalized spacial score (nSPS) is 20.6. The van der Waals surface area contributed by atoms with E-state index in [2.05, 4.69) is 26.7 Å². The van der Waals surface area contributed by atoms with Gasteiger partial charge in [0.25, 0.3) is 5.91 Å². The average molecular weight is 443 g/mol. The van der Waals surface area contributed by atoms with Gasteiger partial charge in [0.1, 0.15) is 5.82 Å². The summed E-state index contributed by atoms with van der Waals surface area (Å²) in [5, 5.41) is 8.32. The maximum absolute atomic E-state index is 13.5. The number of pyridine rings is 2. The summed E-state index contributed by atoms with van der Waals surface area (Å²) in [5.41, 5.74) is 3.66. The molecule has 0 aromatic carbocycles. The molecule has 4 heterocycles. The highest BCUT2D eigenvalue weighted by molar-refractivity contribution is 7.10. The van der Waals surface area contributed by atoms with Gasteiger partial charge in [0, 0.05) is 64.3 Å². The molecule has 2 aliphatic rings. The molecule has 1 amide bonds. The first-order valence-corrected chi connectivity index (χ1v) is 11.4. The minimum absolute atomic E-state index is 0.0710. The van der Waals surface area contributed by atoms with Crippen molar-refractivity contribution in [3.63, 3.8) is 0 Å². The summed E-state index contributed by atoms with van der Waals surface area (Å²) in [4.78, 5) is 36.5. The topological polar surface area (TPSA) is 84.0 Å². The van der Waals surface area contributed by atoms with Gasteiger partial charge in [-0.15, -0.1) is 11.3 Å². The molecule has 6 nitrogen and oxygen atoms in total. The summed E-state index contributed by atoms with van der Waals surface area (Å²) in [5.74, 6) is -0.0559. The smallest absolute Gasteiger partial charge is 0.255 e. The van der Waals surface area contributed by atoms with E-state index in [0.717, 1.165) is 23.4 Å². The Morgan fingerprint density at radius 2 is 2.03 bits per heavy atom. The van der Waals surface area contributed by atoms with Crippen molar-refractivity contribution < 1.29 is 9.59 Å². The predicted octanol–water partition coefficient (Wildman–Crippen LogP) is 4.54. The maximum Gasteiger partial charge on any atom is 0.255 e. The van der Waals surface area contributed by atoms with Crippen LogP contribution in [0.3, 0.4) is 0 Å². The van der Waals surface area contributed by atoms with E-state index in [1.165, 1.54) is 4.88 Å². The van der Waals surface area contributed by atoms with Gasteiger partial charge in [-0.25, -0.2) is 4.98 Å². The number of dihydropyridines is 1. The number of nitrogens with one attached hydrogen (secondary N) is 2. The fourth-order valence-corrected chi connectivity index (χ4v) is 5.40. The highest BCUT2D eigenvalue weighted by Crippen LogP contribution is 2.46. The minimum Gasteiger partial charge on any atom is -0.362 e. The minimum atomic E-state index is -0.472. The number of aromatic nitrogens is 2. The van der Waals surface area contributed by atoms with Gasteiger partial charge in [0.2, 0.25) is 0 Å². The summed E-state index contributed by atoms with van der Waals surface area (Å²) in [6.07, 6.45) is 6.24. The van der Waals surface area contributed by atoms with Crippen molar-refractivity contribution in [2.24, 2.45) is 0 Å². The number of nitrogens with zero attached hydrogens (tertiary/aromatic N) is 2. The van der Waals surface area contributed by atoms with Gasteiger partial charge in [-0.3, -0.25) is 14.6 Å². The molecule has 1 aliphatic carbocycles. The molecule has 0 unspecified atom stereocenters. The SMILES string of the molecule is CC1=C(C(=O)Nc2ccccn2)[C@@H](c2cccnc2)C2=C(C[C@H](c3cccs3)CC2=O)N1. The summed E-state index contributed by atoms with van der Waals surface area (Å²) >= 11 is 1.68. The van der Waals surface area contributed by atoms with E-state index >= 15 is 0 Å². The Balaban J connectivity index is 1.56. The average Bonchev–Trinajstić information content (AvgIpc) is 3.34. The number of amides is 1. The second kappa shape index (κ2) is 8.51. The Morgan fingerprint density at radius 1 is 1.12 bits per heavy atom. The first-order chi connectivity index (χ1) is 15.6. The monoisotopic (exact) mass is 442 g/mol. The Hall–Kier alpha value is -3.58. The standard InChI is InChI=1S/C25H22N4O2S/c1-15-22(25(31)29-21-8-2-3-10-27-21)23(16-6-4-9-26-14-16)24-18(28-15)12-17(13-19(24)30)20-7-5-11-32-20/h2-11,14,17,23,28H,12-13H2,1H3,(H,27,29,31)/t17-,23+/m0/s1. The lowest BCUT2D eigenvalue weighted by Crippen LogP contribution is -2.37. The molecule has 0 fully saturated rings. The third-order valence-electron chi connectivity index (χ3n) is 5.94. The fraction of sp³-hybridized carbons (Fsp3) is 0.200. The lowest BCUT2D eigenvalue weighted by atomic mass is 9.73. The van der Waals surface area contributed by atoms with E-state index in [9.17, 15) is 9.59 Å². The molecular formula is C25H22N4O2S. The van der Waals surface area contributed by atoms with Crippen LogP contribution in [0.5, 0.6) is 0 Å². The molecule has 0 spiro atoms. The molecule has 3 aromatic rings. The van der Waals surface area contributed by atoms with Crippen LogP contribution < -0.4 is 10.6 Å². The van der Waals surface area contributed by atoms with E-state index in [1.54, 1.807) is 42.1 Å². The molecule has 2 N–H and O–H groups in total. The van der Waals surface area contributed by atoms with Crippen molar-refractivity contribution >= 4 is 28.8 Å². The van der Waals surface area contributed by atoms with Crippen LogP contribution in [0.1, 0.15) is 42.0 Å². The van der Waals surface area contributed by atoms with Crippen LogP contribution in [-0.2, 0) is 9.59 Å². The van der Waals surface area contributed by atoms with Crippen molar-refractivity contribution in [1.82, 2.24) is 15.3 Å². The summed E-state index contributed by atoms with van der Waals surface area (Å²) in [6.45, 7) is 1.89. The predicted molar refractivity (Wildman–Crippen MR) is 124 cm³/mol. The summed E-state index contributed by atoms with van der Waals surface area (Å²) in [7, 11) is 0. The number of rotatable bonds is 4. The number of anilines is 1. The molecule has 32 heavy (non-hydrogen) atoms. The van der Waals surface area contributed by atoms with Gasteiger partial charge in [-0.2, -0.15) is 0 Å². The number of hydrogen-bond donors (Lipinski definition) is 2. The number of hydrogen-bond acceptors (Lipinski definition) is 6. The number of carbonyl (C=O) groups is 2. The van der Waals surface area contributed by atoms with Crippen molar-refractivity contribution in [3.8, 4) is 0 Å². The van der Waals surface area contributed by atoms with Crippen molar-refractivity contribution in [1.29, 1.82) is 0 Å². The summed E-state index contributed by atoms with van der Waals surface area (Å²) in [6, 6.07) is 13.2. The van der Waals surface area contributed by atoms with Crippen molar-refractivity contribution in [2.75, 3.05) is 5.32 Å². The number of carbonyl (C=O) groups excluding carboxylic acids is 2. The zero-order chi connectivity index (χ0) is 22.1. The van der Waals surface area contributed by atoms with Gasteiger partial charge < -0.3 is 10.6 Å². The van der Waals surface area contributed by atoms with Crippen molar-refractivity contribution in [3.05, 3.63) is 99.4 Å². The van der Waals surface area contributed by atoms with E-state index in [4.69, 9.17) is 0 Å². The largest absolute Gasteiger partial charge is 0.362 e. The van der Waals surface area contributed by atoms with Crippen LogP contribution in [0.15, 0.2) is 89.0 Å². The van der Waals surface area contributed by atoms with E-state index in [-0.39, 0.29) is 17.6 Å². The molecule has 0 bridgehead atoms. The third kappa shape index (κ3) is 3.76. The second-order valence-corrected chi connectivity index (χ2v) is 8.97. The Morgan fingerprint density at radius 3 is 2.75 bits per heavy atom. The first-order valence-electron chi connectivity index (χ1n) is 10.5. The molecule has 0 saturated carbocycles. The van der Waals surface area contributed by atoms with Crippen LogP contribution in [0.2, 0.25) is 0 Å². The van der Waals surface area contributed by atoms with Crippen molar-refractivity contribution in [2.45, 2.75) is 31.6 Å². The third-order valence-corrected chi connectivity index (χ3v) is 6.98. The molecule has 2 atom stereocenters. The van der Waals surface area contributed by atoms with Crippen LogP contribution in [0.25, 0.3) is 0 Å². The highest BCUT2D eigenvalue weighted by atomic mass is 32.1. The molecule has 0 radical (unpaired) electrons. The molecule has 160 valence electrons. The van der Waals surface area contributed by atoms with Crippen LogP contribution in [-0.4, -0.2) is 21.7 Å². The molecular weight excluding hydrogens is 420 g/mol. The Kier molecular flexibility index (Phi) is 5.41. The van der Waals surface area contributed by atoms with Crippen LogP contribution >= 0.6 is 11.3 Å². The van der Waals surface area contributed by atoms with Gasteiger partial charge in [-0.1, -0.05) is 18.2 Å². The Bertz CT molecular complexity index is 1220. The van der Waals surface area contributed by atoms with Gasteiger partial charge in [-0.05, 0) is 48.6 Å². The fourth-order valence-electron chi connectivity index (χ4n) is 4.57. The number of thiophene rings is 1. The highest BCUT2D eigenvalue weighted by Gasteiger charge is 2.41. The molecule has 5 rings (SSSR count). The quantitative estimate of drug-likeness (QED) is 0.620. The lowest BCUT2D eigenvalue weighted by Gasteiger charge is -2.36. The molecule has 7 heteroatoms. The lowest BCUT2D eigenvalue weighted by molar-refractivity contribution is -0.116. The maximum atomic E-state index is 13.5. The van der Waals surface area contributed by atoms with E-state index in [1.807, 2.05) is 36.6 Å². The second-order valence-electron chi connectivity index (χ2n) is 7.99. The number of Topliss-reactive ketones (excluding diaryl/α,β-unsaturated/α-hetero) is 1. The number of allylic oxidation sites excluding steroid dienone is 3. The van der Waals surface area contributed by atoms with Crippen LogP contribution in [0, 0.1) is 0 Å². The Labute approximate surface area is 190 Å². The summed E-state index contributed by atoms with van der Waals surface area (Å²) < 4.78 is 0. The van der Waals surface area contributed by atoms with Crippen LogP contribution in [0.4, 0.5) is 5.82 Å². The first kappa shape index (κ1) is 20.3. The zero-order valence-electron chi connectivity index (χ0n) is 17.5. The van der Waals surface area contributed by atoms with Gasteiger partial charge >= 0.3 is 0 Å². The number of ketones is 1. The molecule has 0 saturated heterocycles. The van der Waals surface area contributed by atoms with Gasteiger partial charge in [0.05, 0.1) is 0 Å². The van der Waals surface area contributed by atoms with E-state index in [0.29, 0.717) is 23.4 Å². The zero-order valence-corrected chi connectivity index (χ0v) is 18.4. The van der Waals surface area contributed by atoms with Gasteiger partial charge in [0.15, 0.2) is 5.78 Å². The van der Waals surface area contributed by atoms with E-state index < -0.39 is 5.92 Å².